The molecule has 1 saturated heterocycles. The van der Waals surface area contributed by atoms with Crippen LogP contribution >= 0.6 is 0 Å². The van der Waals surface area contributed by atoms with Gasteiger partial charge in [-0.15, -0.1) is 0 Å². The van der Waals surface area contributed by atoms with Crippen LogP contribution in [0.25, 0.3) is 16.7 Å². The molecule has 0 bridgehead atoms. The lowest BCUT2D eigenvalue weighted by Crippen LogP contribution is -2.44. The van der Waals surface area contributed by atoms with E-state index < -0.39 is 5.83 Å². The predicted molar refractivity (Wildman–Crippen MR) is 144 cm³/mol. The van der Waals surface area contributed by atoms with Gasteiger partial charge in [-0.1, -0.05) is 18.7 Å². The van der Waals surface area contributed by atoms with Gasteiger partial charge in [0.1, 0.15) is 24.3 Å². The van der Waals surface area contributed by atoms with Crippen LogP contribution in [0.5, 0.6) is 5.75 Å². The number of nitrogens with one attached hydrogen (secondary N) is 1. The number of piperidine rings is 1. The van der Waals surface area contributed by atoms with Crippen LogP contribution in [-0.4, -0.2) is 54.1 Å². The van der Waals surface area contributed by atoms with Crippen molar-refractivity contribution in [1.29, 1.82) is 5.26 Å². The molecule has 3 rings (SSSR count). The molecule has 9 heteroatoms. The van der Waals surface area contributed by atoms with Crippen LogP contribution in [0.3, 0.4) is 0 Å². The average Bonchev–Trinajstić information content (AvgIpc) is 2.92. The van der Waals surface area contributed by atoms with Crippen molar-refractivity contribution in [3.05, 3.63) is 70.4 Å². The third-order valence-corrected chi connectivity index (χ3v) is 6.45. The van der Waals surface area contributed by atoms with Gasteiger partial charge in [-0.05, 0) is 69.2 Å². The molecule has 8 nitrogen and oxygen atoms in total. The van der Waals surface area contributed by atoms with Crippen molar-refractivity contribution in [2.45, 2.75) is 39.3 Å². The molecule has 1 aliphatic rings. The van der Waals surface area contributed by atoms with E-state index >= 15 is 0 Å². The lowest BCUT2D eigenvalue weighted by Gasteiger charge is -2.34. The van der Waals surface area contributed by atoms with E-state index in [-0.39, 0.29) is 24.3 Å². The zero-order valence-electron chi connectivity index (χ0n) is 21.6. The minimum atomic E-state index is -0.744. The quantitative estimate of drug-likeness (QED) is 0.372. The van der Waals surface area contributed by atoms with E-state index in [1.165, 1.54) is 6.08 Å². The lowest BCUT2D eigenvalue weighted by molar-refractivity contribution is 0.201. The Bertz CT molecular complexity index is 1270. The van der Waals surface area contributed by atoms with E-state index in [2.05, 4.69) is 16.8 Å². The zero-order chi connectivity index (χ0) is 26.9. The number of aliphatic hydroxyl groups is 1. The Kier molecular flexibility index (Phi) is 9.78. The van der Waals surface area contributed by atoms with Crippen LogP contribution in [0, 0.1) is 11.3 Å². The molecule has 0 unspecified atom stereocenters. The fraction of sp³-hybridized carbons (Fsp3) is 0.393. The van der Waals surface area contributed by atoms with E-state index in [1.807, 2.05) is 14.0 Å². The van der Waals surface area contributed by atoms with Gasteiger partial charge in [-0.2, -0.15) is 5.26 Å². The Labute approximate surface area is 217 Å². The fourth-order valence-electron chi connectivity index (χ4n) is 4.40. The summed E-state index contributed by atoms with van der Waals surface area (Å²) in [4.78, 5) is 20.9. The van der Waals surface area contributed by atoms with Gasteiger partial charge in [0.05, 0.1) is 23.4 Å². The number of nitriles is 1. The summed E-state index contributed by atoms with van der Waals surface area (Å²) in [5.74, 6) is 0.356. The van der Waals surface area contributed by atoms with Crippen molar-refractivity contribution in [1.82, 2.24) is 14.9 Å². The summed E-state index contributed by atoms with van der Waals surface area (Å²) in [5, 5.41) is 21.5. The smallest absolute Gasteiger partial charge is 0.263 e. The molecule has 0 saturated carbocycles. The second-order valence-corrected chi connectivity index (χ2v) is 8.74. The number of aliphatic hydroxyl groups excluding tert-OH is 1. The lowest BCUT2D eigenvalue weighted by atomic mass is 10.00. The van der Waals surface area contributed by atoms with Crippen molar-refractivity contribution in [3.8, 4) is 22.9 Å². The molecule has 1 fully saturated rings. The maximum Gasteiger partial charge on any atom is 0.263 e. The first-order chi connectivity index (χ1) is 17.9. The highest BCUT2D eigenvalue weighted by Gasteiger charge is 2.25. The van der Waals surface area contributed by atoms with Crippen LogP contribution in [0.2, 0.25) is 0 Å². The van der Waals surface area contributed by atoms with E-state index in [9.17, 15) is 14.4 Å². The van der Waals surface area contributed by atoms with Crippen molar-refractivity contribution < 1.29 is 14.2 Å². The predicted octanol–water partition coefficient (Wildman–Crippen LogP) is 3.83. The van der Waals surface area contributed by atoms with Crippen molar-refractivity contribution >= 4 is 11.5 Å². The Balaban J connectivity index is 2.21. The number of hydrogen-bond donors (Lipinski definition) is 2. The molecule has 0 atom stereocenters. The molecule has 196 valence electrons. The molecule has 0 aliphatic carbocycles. The van der Waals surface area contributed by atoms with Gasteiger partial charge >= 0.3 is 0 Å². The molecule has 0 spiro atoms. The van der Waals surface area contributed by atoms with E-state index in [0.29, 0.717) is 46.7 Å². The maximum atomic E-state index is 14.8. The normalized spacial score (nSPS) is 15.2. The van der Waals surface area contributed by atoms with Crippen molar-refractivity contribution in [2.75, 3.05) is 38.3 Å². The molecule has 2 heterocycles. The van der Waals surface area contributed by atoms with Gasteiger partial charge in [0, 0.05) is 25.7 Å². The van der Waals surface area contributed by atoms with Gasteiger partial charge in [0.2, 0.25) is 5.95 Å². The van der Waals surface area contributed by atoms with Gasteiger partial charge in [0.25, 0.3) is 5.56 Å². The standard InChI is InChI=1S/C28H34FN5O3/c1-5-20(18-30)24(29)17-19(3)26-25(21-7-9-23(10-8-21)37-16-15-35)27(36)34(6-2)28(32-26)33-13-11-22(31-4)12-14-33/h5,7-10,17,22,31,35H,1,6,11-16H2,2-4H3/b19-17+,24-20-. The highest BCUT2D eigenvalue weighted by Crippen LogP contribution is 2.30. The Hall–Kier alpha value is -3.74. The van der Waals surface area contributed by atoms with Crippen molar-refractivity contribution in [3.63, 3.8) is 0 Å². The molecule has 0 amide bonds. The second kappa shape index (κ2) is 13.0. The Morgan fingerprint density at radius 1 is 1.35 bits per heavy atom. The number of aromatic nitrogens is 2. The summed E-state index contributed by atoms with van der Waals surface area (Å²) >= 11 is 0. The van der Waals surface area contributed by atoms with E-state index in [1.54, 1.807) is 41.8 Å². The van der Waals surface area contributed by atoms with Crippen LogP contribution in [0.4, 0.5) is 10.3 Å². The summed E-state index contributed by atoms with van der Waals surface area (Å²) in [6.45, 7) is 9.01. The number of anilines is 1. The monoisotopic (exact) mass is 507 g/mol. The van der Waals surface area contributed by atoms with E-state index in [0.717, 1.165) is 32.0 Å². The molecular weight excluding hydrogens is 473 g/mol. The maximum absolute atomic E-state index is 14.8. The van der Waals surface area contributed by atoms with Gasteiger partial charge in [-0.25, -0.2) is 9.37 Å². The molecular formula is C28H34FN5O3. The van der Waals surface area contributed by atoms with Gasteiger partial charge in [0.15, 0.2) is 0 Å². The third-order valence-electron chi connectivity index (χ3n) is 6.45. The number of hydrogen-bond acceptors (Lipinski definition) is 7. The molecule has 2 N–H and O–H groups in total. The SMILES string of the molecule is C=C/C(C#N)=C(F)\C=C(/C)c1nc(N2CCC(NC)CC2)n(CC)c(=O)c1-c1ccc(OCCO)cc1. The van der Waals surface area contributed by atoms with Crippen LogP contribution in [0.1, 0.15) is 32.4 Å². The second-order valence-electron chi connectivity index (χ2n) is 8.74. The topological polar surface area (TPSA) is 103 Å². The van der Waals surface area contributed by atoms with Gasteiger partial charge < -0.3 is 20.1 Å². The largest absolute Gasteiger partial charge is 0.491 e. The average molecular weight is 508 g/mol. The third kappa shape index (κ3) is 6.34. The summed E-state index contributed by atoms with van der Waals surface area (Å²) in [6, 6.07) is 9.12. The molecule has 0 radical (unpaired) electrons. The summed E-state index contributed by atoms with van der Waals surface area (Å²) in [6.07, 6.45) is 4.21. The number of halogens is 1. The Morgan fingerprint density at radius 3 is 2.57 bits per heavy atom. The molecule has 1 aromatic heterocycles. The first kappa shape index (κ1) is 27.8. The molecule has 2 aromatic rings. The highest BCUT2D eigenvalue weighted by atomic mass is 19.1. The number of rotatable bonds is 10. The number of benzene rings is 1. The fourth-order valence-corrected chi connectivity index (χ4v) is 4.40. The molecule has 37 heavy (non-hydrogen) atoms. The first-order valence-corrected chi connectivity index (χ1v) is 12.4. The molecule has 1 aliphatic heterocycles. The number of ether oxygens (including phenoxy) is 1. The first-order valence-electron chi connectivity index (χ1n) is 12.4. The van der Waals surface area contributed by atoms with Crippen LogP contribution < -0.4 is 20.5 Å². The summed E-state index contributed by atoms with van der Waals surface area (Å²) in [7, 11) is 1.95. The number of nitrogens with zero attached hydrogens (tertiary/aromatic N) is 4. The van der Waals surface area contributed by atoms with Crippen LogP contribution in [-0.2, 0) is 6.54 Å². The van der Waals surface area contributed by atoms with Crippen molar-refractivity contribution in [2.24, 2.45) is 0 Å². The zero-order valence-corrected chi connectivity index (χ0v) is 21.6. The summed E-state index contributed by atoms with van der Waals surface area (Å²) < 4.78 is 21.9. The molecule has 1 aromatic carbocycles. The van der Waals surface area contributed by atoms with E-state index in [4.69, 9.17) is 14.8 Å². The summed E-state index contributed by atoms with van der Waals surface area (Å²) in [5.41, 5.74) is 1.28. The van der Waals surface area contributed by atoms with Gasteiger partial charge in [-0.3, -0.25) is 9.36 Å². The minimum Gasteiger partial charge on any atom is -0.491 e. The minimum absolute atomic E-state index is 0.109. The highest BCUT2D eigenvalue weighted by molar-refractivity contribution is 5.80. The van der Waals surface area contributed by atoms with Crippen LogP contribution in [0.15, 0.2) is 59.2 Å². The number of allylic oxidation sites excluding steroid dienone is 5. The Morgan fingerprint density at radius 2 is 2.03 bits per heavy atom.